The molecule has 0 saturated heterocycles. The third kappa shape index (κ3) is 3.53. The van der Waals surface area contributed by atoms with Crippen LogP contribution in [0.25, 0.3) is 0 Å². The molecule has 14 heavy (non-hydrogen) atoms. The van der Waals surface area contributed by atoms with Crippen LogP contribution in [0.5, 0.6) is 0 Å². The van der Waals surface area contributed by atoms with Gasteiger partial charge in [-0.1, -0.05) is 12.1 Å². The molecule has 0 aromatic carbocycles. The second kappa shape index (κ2) is 5.33. The third-order valence-electron chi connectivity index (χ3n) is 1.54. The molecular formula is C8H13N3O3. The van der Waals surface area contributed by atoms with Gasteiger partial charge in [0.05, 0.1) is 13.1 Å². The highest BCUT2D eigenvalue weighted by Gasteiger charge is 2.05. The molecule has 0 atom stereocenters. The maximum absolute atomic E-state index is 10.2. The summed E-state index contributed by atoms with van der Waals surface area (Å²) in [6.45, 7) is 2.22. The minimum atomic E-state index is -0.904. The van der Waals surface area contributed by atoms with Gasteiger partial charge < -0.3 is 9.63 Å². The summed E-state index contributed by atoms with van der Waals surface area (Å²) < 4.78 is 4.88. The Kier molecular flexibility index (Phi) is 4.06. The molecule has 2 N–H and O–H groups in total. The van der Waals surface area contributed by atoms with Crippen molar-refractivity contribution in [3.8, 4) is 0 Å². The van der Waals surface area contributed by atoms with Crippen LogP contribution in [-0.4, -0.2) is 27.8 Å². The van der Waals surface area contributed by atoms with Gasteiger partial charge in [0.2, 0.25) is 5.89 Å². The van der Waals surface area contributed by atoms with Crippen molar-refractivity contribution in [2.24, 2.45) is 0 Å². The summed E-state index contributed by atoms with van der Waals surface area (Å²) in [5, 5.41) is 14.7. The van der Waals surface area contributed by atoms with Gasteiger partial charge in [0.15, 0.2) is 5.82 Å². The highest BCUT2D eigenvalue weighted by atomic mass is 16.5. The Morgan fingerprint density at radius 1 is 1.64 bits per heavy atom. The number of aliphatic carboxylic acids is 1. The number of aryl methyl sites for hydroxylation is 1. The minimum absolute atomic E-state index is 0.106. The predicted octanol–water partition coefficient (Wildman–Crippen LogP) is 0.196. The SMILES string of the molecule is CCCc1noc(CNCC(=O)O)n1. The molecule has 78 valence electrons. The van der Waals surface area contributed by atoms with E-state index in [2.05, 4.69) is 15.5 Å². The summed E-state index contributed by atoms with van der Waals surface area (Å²) in [7, 11) is 0. The van der Waals surface area contributed by atoms with E-state index in [1.807, 2.05) is 6.92 Å². The Morgan fingerprint density at radius 3 is 3.07 bits per heavy atom. The van der Waals surface area contributed by atoms with Gasteiger partial charge in [-0.25, -0.2) is 0 Å². The number of carboxylic acids is 1. The number of aromatic nitrogens is 2. The van der Waals surface area contributed by atoms with Crippen LogP contribution in [0.15, 0.2) is 4.52 Å². The molecule has 0 bridgehead atoms. The van der Waals surface area contributed by atoms with Crippen LogP contribution >= 0.6 is 0 Å². The fraction of sp³-hybridized carbons (Fsp3) is 0.625. The number of hydrogen-bond donors (Lipinski definition) is 2. The van der Waals surface area contributed by atoms with E-state index >= 15 is 0 Å². The maximum atomic E-state index is 10.2. The third-order valence-corrected chi connectivity index (χ3v) is 1.54. The van der Waals surface area contributed by atoms with Crippen molar-refractivity contribution in [1.29, 1.82) is 0 Å². The lowest BCUT2D eigenvalue weighted by molar-refractivity contribution is -0.136. The number of rotatable bonds is 6. The second-order valence-corrected chi connectivity index (χ2v) is 2.85. The van der Waals surface area contributed by atoms with Crippen molar-refractivity contribution in [1.82, 2.24) is 15.5 Å². The fourth-order valence-electron chi connectivity index (χ4n) is 0.963. The molecule has 0 amide bonds. The van der Waals surface area contributed by atoms with Crippen LogP contribution in [0.4, 0.5) is 0 Å². The van der Waals surface area contributed by atoms with E-state index in [0.717, 1.165) is 12.8 Å². The smallest absolute Gasteiger partial charge is 0.317 e. The Labute approximate surface area is 81.3 Å². The lowest BCUT2D eigenvalue weighted by atomic mass is 10.3. The lowest BCUT2D eigenvalue weighted by Gasteiger charge is -1.94. The van der Waals surface area contributed by atoms with Gasteiger partial charge in [0.1, 0.15) is 0 Å². The van der Waals surface area contributed by atoms with Crippen LogP contribution in [0, 0.1) is 0 Å². The molecule has 1 aromatic heterocycles. The molecule has 6 heteroatoms. The van der Waals surface area contributed by atoms with Crippen LogP contribution in [0.1, 0.15) is 25.1 Å². The summed E-state index contributed by atoms with van der Waals surface area (Å²) in [5.41, 5.74) is 0. The average Bonchev–Trinajstić information content (AvgIpc) is 2.53. The molecule has 0 radical (unpaired) electrons. The van der Waals surface area contributed by atoms with E-state index in [9.17, 15) is 4.79 Å². The van der Waals surface area contributed by atoms with E-state index in [-0.39, 0.29) is 6.54 Å². The number of nitrogens with zero attached hydrogens (tertiary/aromatic N) is 2. The lowest BCUT2D eigenvalue weighted by Crippen LogP contribution is -2.21. The van der Waals surface area contributed by atoms with Gasteiger partial charge in [-0.15, -0.1) is 0 Å². The predicted molar refractivity (Wildman–Crippen MR) is 47.6 cm³/mol. The summed E-state index contributed by atoms with van der Waals surface area (Å²) in [4.78, 5) is 14.2. The monoisotopic (exact) mass is 199 g/mol. The molecule has 0 aliphatic heterocycles. The van der Waals surface area contributed by atoms with Crippen molar-refractivity contribution in [3.05, 3.63) is 11.7 Å². The highest BCUT2D eigenvalue weighted by molar-refractivity contribution is 5.68. The van der Waals surface area contributed by atoms with E-state index in [4.69, 9.17) is 9.63 Å². The Bertz CT molecular complexity index is 298. The van der Waals surface area contributed by atoms with Gasteiger partial charge in [0, 0.05) is 6.42 Å². The van der Waals surface area contributed by atoms with Crippen LogP contribution in [0.2, 0.25) is 0 Å². The first-order valence-corrected chi connectivity index (χ1v) is 4.46. The minimum Gasteiger partial charge on any atom is -0.480 e. The van der Waals surface area contributed by atoms with Gasteiger partial charge in [0.25, 0.3) is 0 Å². The number of hydrogen-bond acceptors (Lipinski definition) is 5. The molecule has 0 spiro atoms. The first kappa shape index (κ1) is 10.6. The molecule has 0 saturated carbocycles. The molecule has 0 aliphatic rings. The van der Waals surface area contributed by atoms with Gasteiger partial charge in [-0.2, -0.15) is 4.98 Å². The number of carboxylic acid groups (broad SMARTS) is 1. The Balaban J connectivity index is 2.32. The summed E-state index contributed by atoms with van der Waals surface area (Å²) in [6.07, 6.45) is 1.74. The average molecular weight is 199 g/mol. The Morgan fingerprint density at radius 2 is 2.43 bits per heavy atom. The second-order valence-electron chi connectivity index (χ2n) is 2.85. The number of carbonyl (C=O) groups is 1. The Hall–Kier alpha value is -1.43. The van der Waals surface area contributed by atoms with Crippen molar-refractivity contribution < 1.29 is 14.4 Å². The summed E-state index contributed by atoms with van der Waals surface area (Å²) >= 11 is 0. The number of nitrogens with one attached hydrogen (secondary N) is 1. The zero-order valence-corrected chi connectivity index (χ0v) is 7.99. The molecule has 0 fully saturated rings. The van der Waals surface area contributed by atoms with E-state index < -0.39 is 5.97 Å². The van der Waals surface area contributed by atoms with Crippen molar-refractivity contribution in [2.75, 3.05) is 6.54 Å². The van der Waals surface area contributed by atoms with E-state index in [1.54, 1.807) is 0 Å². The standard InChI is InChI=1S/C8H13N3O3/c1-2-3-6-10-7(14-11-6)4-9-5-8(12)13/h9H,2-5H2,1H3,(H,12,13). The van der Waals surface area contributed by atoms with Gasteiger partial charge in [-0.3, -0.25) is 10.1 Å². The summed E-state index contributed by atoms with van der Waals surface area (Å²) in [5.74, 6) is 0.188. The fourth-order valence-corrected chi connectivity index (χ4v) is 0.963. The maximum Gasteiger partial charge on any atom is 0.317 e. The first-order chi connectivity index (χ1) is 6.72. The normalized spacial score (nSPS) is 10.4. The van der Waals surface area contributed by atoms with Crippen molar-refractivity contribution in [2.45, 2.75) is 26.3 Å². The van der Waals surface area contributed by atoms with Crippen LogP contribution < -0.4 is 5.32 Å². The largest absolute Gasteiger partial charge is 0.480 e. The molecule has 1 rings (SSSR count). The van der Waals surface area contributed by atoms with E-state index in [0.29, 0.717) is 18.3 Å². The van der Waals surface area contributed by atoms with Gasteiger partial charge in [-0.05, 0) is 6.42 Å². The van der Waals surface area contributed by atoms with Crippen LogP contribution in [0.3, 0.4) is 0 Å². The quantitative estimate of drug-likeness (QED) is 0.680. The highest BCUT2D eigenvalue weighted by Crippen LogP contribution is 1.99. The van der Waals surface area contributed by atoms with Crippen LogP contribution in [-0.2, 0) is 17.8 Å². The first-order valence-electron chi connectivity index (χ1n) is 4.46. The zero-order valence-electron chi connectivity index (χ0n) is 7.99. The van der Waals surface area contributed by atoms with E-state index in [1.165, 1.54) is 0 Å². The van der Waals surface area contributed by atoms with Crippen molar-refractivity contribution >= 4 is 5.97 Å². The van der Waals surface area contributed by atoms with Crippen molar-refractivity contribution in [3.63, 3.8) is 0 Å². The molecule has 0 unspecified atom stereocenters. The molecule has 1 heterocycles. The zero-order chi connectivity index (χ0) is 10.4. The molecule has 1 aromatic rings. The van der Waals surface area contributed by atoms with Gasteiger partial charge >= 0.3 is 5.97 Å². The molecule has 6 nitrogen and oxygen atoms in total. The topological polar surface area (TPSA) is 88.2 Å². The molecule has 0 aliphatic carbocycles. The summed E-state index contributed by atoms with van der Waals surface area (Å²) in [6, 6.07) is 0. The molecular weight excluding hydrogens is 186 g/mol.